The molecule has 5 rings (SSSR count). The van der Waals surface area contributed by atoms with E-state index < -0.39 is 5.92 Å². The summed E-state index contributed by atoms with van der Waals surface area (Å²) in [4.78, 5) is 13.5. The van der Waals surface area contributed by atoms with Gasteiger partial charge >= 0.3 is 0 Å². The van der Waals surface area contributed by atoms with Gasteiger partial charge in [0.25, 0.3) is 0 Å². The Kier molecular flexibility index (Phi) is 6.51. The van der Waals surface area contributed by atoms with Crippen LogP contribution in [0.1, 0.15) is 50.7 Å². The van der Waals surface area contributed by atoms with Gasteiger partial charge in [0, 0.05) is 35.0 Å². The van der Waals surface area contributed by atoms with Crippen molar-refractivity contribution in [1.29, 1.82) is 5.26 Å². The highest BCUT2D eigenvalue weighted by Crippen LogP contribution is 2.49. The second-order valence-corrected chi connectivity index (χ2v) is 10.9. The van der Waals surface area contributed by atoms with Crippen LogP contribution in [0, 0.1) is 16.7 Å². The normalized spacial score (nSPS) is 19.0. The third-order valence-electron chi connectivity index (χ3n) is 7.19. The Morgan fingerprint density at radius 3 is 2.68 bits per heavy atom. The van der Waals surface area contributed by atoms with E-state index in [-0.39, 0.29) is 22.7 Å². The lowest BCUT2D eigenvalue weighted by Crippen LogP contribution is -2.33. The van der Waals surface area contributed by atoms with Crippen LogP contribution >= 0.6 is 11.6 Å². The van der Waals surface area contributed by atoms with E-state index in [1.54, 1.807) is 12.1 Å². The number of aromatic nitrogens is 1. The molecule has 1 aliphatic heterocycles. The average molecular weight is 516 g/mol. The molecule has 7 heteroatoms. The van der Waals surface area contributed by atoms with E-state index in [0.29, 0.717) is 42.3 Å². The molecule has 2 N–H and O–H groups in total. The Morgan fingerprint density at radius 2 is 1.97 bits per heavy atom. The first-order chi connectivity index (χ1) is 17.7. The van der Waals surface area contributed by atoms with Gasteiger partial charge in [-0.2, -0.15) is 5.26 Å². The first-order valence-electron chi connectivity index (χ1n) is 12.5. The highest BCUT2D eigenvalue weighted by Gasteiger charge is 2.43. The maximum Gasteiger partial charge on any atom is 0.205 e. The predicted molar refractivity (Wildman–Crippen MR) is 144 cm³/mol. The third kappa shape index (κ3) is 4.60. The molecule has 0 radical (unpaired) electrons. The molecule has 1 unspecified atom stereocenters. The molecule has 2 aliphatic rings. The third-order valence-corrected chi connectivity index (χ3v) is 7.45. The van der Waals surface area contributed by atoms with Crippen LogP contribution < -0.4 is 10.5 Å². The van der Waals surface area contributed by atoms with Crippen molar-refractivity contribution in [3.63, 3.8) is 0 Å². The lowest BCUT2D eigenvalue weighted by Gasteiger charge is -2.37. The number of carbonyl (C=O) groups excluding carboxylic acids is 1. The number of aryl methyl sites for hydroxylation is 1. The summed E-state index contributed by atoms with van der Waals surface area (Å²) in [6, 6.07) is 15.7. The van der Waals surface area contributed by atoms with Crippen molar-refractivity contribution in [2.24, 2.45) is 11.1 Å². The molecule has 0 fully saturated rings. The summed E-state index contributed by atoms with van der Waals surface area (Å²) in [7, 11) is 0. The molecule has 1 atom stereocenters. The van der Waals surface area contributed by atoms with Gasteiger partial charge in [0.05, 0.1) is 18.0 Å². The first kappa shape index (κ1) is 25.0. The number of nitrogens with two attached hydrogens (primary N) is 1. The largest absolute Gasteiger partial charge is 0.492 e. The molecular formula is C30H30ClN3O3. The van der Waals surface area contributed by atoms with Crippen molar-refractivity contribution in [3.05, 3.63) is 87.6 Å². The van der Waals surface area contributed by atoms with Crippen molar-refractivity contribution in [2.45, 2.75) is 52.5 Å². The van der Waals surface area contributed by atoms with Gasteiger partial charge in [0.15, 0.2) is 5.78 Å². The standard InChI is InChI=1S/C30H30ClN3O3/c1-4-18-6-5-7-21-23(17-34(28(18)21)12-13-36-20-10-8-19(31)9-11-20)26-22(16-32)29(33)37-25-15-30(2,3)14-24(35)27(25)26/h5-11,17,26H,4,12-15,33H2,1-3H3. The number of ketones is 1. The number of para-hydroxylation sites is 1. The molecule has 1 aliphatic carbocycles. The van der Waals surface area contributed by atoms with Crippen LogP contribution in [0.25, 0.3) is 10.9 Å². The molecule has 0 saturated carbocycles. The van der Waals surface area contributed by atoms with Crippen LogP contribution in [0.15, 0.2) is 71.4 Å². The smallest absolute Gasteiger partial charge is 0.205 e. The van der Waals surface area contributed by atoms with Gasteiger partial charge in [-0.3, -0.25) is 4.79 Å². The van der Waals surface area contributed by atoms with Gasteiger partial charge in [-0.05, 0) is 47.2 Å². The summed E-state index contributed by atoms with van der Waals surface area (Å²) in [6.45, 7) is 7.25. The first-order valence-corrected chi connectivity index (χ1v) is 12.9. The van der Waals surface area contributed by atoms with Crippen LogP contribution in [0.4, 0.5) is 0 Å². The number of hydrogen-bond donors (Lipinski definition) is 1. The van der Waals surface area contributed by atoms with Crippen molar-refractivity contribution < 1.29 is 14.3 Å². The second kappa shape index (κ2) is 9.64. The summed E-state index contributed by atoms with van der Waals surface area (Å²) < 4.78 is 14.0. The van der Waals surface area contributed by atoms with Crippen molar-refractivity contribution >= 4 is 28.3 Å². The SMILES string of the molecule is CCc1cccc2c(C3C(C#N)=C(N)OC4=C3C(=O)CC(C)(C)C4)cn(CCOc3ccc(Cl)cc3)c12. The molecule has 2 heterocycles. The average Bonchev–Trinajstić information content (AvgIpc) is 3.22. The highest BCUT2D eigenvalue weighted by atomic mass is 35.5. The number of benzene rings is 2. The minimum absolute atomic E-state index is 0.00937. The Hall–Kier alpha value is -3.69. The lowest BCUT2D eigenvalue weighted by atomic mass is 9.70. The van der Waals surface area contributed by atoms with Crippen LogP contribution in [0.3, 0.4) is 0 Å². The number of carbonyl (C=O) groups is 1. The van der Waals surface area contributed by atoms with E-state index in [0.717, 1.165) is 28.6 Å². The van der Waals surface area contributed by atoms with Gasteiger partial charge in [-0.15, -0.1) is 0 Å². The van der Waals surface area contributed by atoms with Crippen molar-refractivity contribution in [3.8, 4) is 11.8 Å². The topological polar surface area (TPSA) is 90.3 Å². The van der Waals surface area contributed by atoms with E-state index in [2.05, 4.69) is 29.7 Å². The number of nitrogens with zero attached hydrogens (tertiary/aromatic N) is 2. The molecule has 6 nitrogen and oxygen atoms in total. The quantitative estimate of drug-likeness (QED) is 0.411. The summed E-state index contributed by atoms with van der Waals surface area (Å²) in [5.74, 6) is 0.853. The molecule has 0 amide bonds. The number of ether oxygens (including phenoxy) is 2. The van der Waals surface area contributed by atoms with E-state index >= 15 is 0 Å². The van der Waals surface area contributed by atoms with E-state index in [1.165, 1.54) is 5.56 Å². The lowest BCUT2D eigenvalue weighted by molar-refractivity contribution is -0.119. The van der Waals surface area contributed by atoms with Crippen molar-refractivity contribution in [1.82, 2.24) is 4.57 Å². The molecule has 0 spiro atoms. The van der Waals surface area contributed by atoms with Crippen LogP contribution in [0.5, 0.6) is 5.75 Å². The Bertz CT molecular complexity index is 1490. The molecule has 37 heavy (non-hydrogen) atoms. The molecule has 190 valence electrons. The number of allylic oxidation sites excluding steroid dienone is 3. The van der Waals surface area contributed by atoms with Crippen LogP contribution in [-0.4, -0.2) is 17.0 Å². The van der Waals surface area contributed by atoms with Gasteiger partial charge < -0.3 is 19.8 Å². The summed E-state index contributed by atoms with van der Waals surface area (Å²) in [5.41, 5.74) is 10.0. The molecule has 0 saturated heterocycles. The number of Topliss-reactive ketones (excluding diaryl/α,β-unsaturated/α-hetero) is 1. The van der Waals surface area contributed by atoms with E-state index in [1.807, 2.05) is 38.2 Å². The number of fused-ring (bicyclic) bond motifs is 1. The highest BCUT2D eigenvalue weighted by molar-refractivity contribution is 6.30. The van der Waals surface area contributed by atoms with Gasteiger partial charge in [-0.25, -0.2) is 0 Å². The summed E-state index contributed by atoms with van der Waals surface area (Å²) in [5, 5.41) is 11.8. The number of hydrogen-bond acceptors (Lipinski definition) is 5. The Balaban J connectivity index is 1.60. The monoisotopic (exact) mass is 515 g/mol. The minimum atomic E-state index is -0.564. The molecule has 2 aromatic carbocycles. The fraction of sp³-hybridized carbons (Fsp3) is 0.333. The molecule has 3 aromatic rings. The molecular weight excluding hydrogens is 486 g/mol. The maximum absolute atomic E-state index is 13.5. The fourth-order valence-corrected chi connectivity index (χ4v) is 5.67. The minimum Gasteiger partial charge on any atom is -0.492 e. The van der Waals surface area contributed by atoms with Gasteiger partial charge in [-0.1, -0.05) is 50.6 Å². The van der Waals surface area contributed by atoms with Gasteiger partial charge in [0.2, 0.25) is 5.88 Å². The zero-order valence-corrected chi connectivity index (χ0v) is 22.1. The summed E-state index contributed by atoms with van der Waals surface area (Å²) >= 11 is 5.99. The van der Waals surface area contributed by atoms with Crippen LogP contribution in [-0.2, 0) is 22.5 Å². The number of halogens is 1. The van der Waals surface area contributed by atoms with E-state index in [4.69, 9.17) is 26.8 Å². The van der Waals surface area contributed by atoms with E-state index in [9.17, 15) is 10.1 Å². The fourth-order valence-electron chi connectivity index (χ4n) is 5.55. The molecule has 0 bridgehead atoms. The second-order valence-electron chi connectivity index (χ2n) is 10.4. The number of nitriles is 1. The Morgan fingerprint density at radius 1 is 1.22 bits per heavy atom. The zero-order chi connectivity index (χ0) is 26.3. The molecule has 1 aromatic heterocycles. The summed E-state index contributed by atoms with van der Waals surface area (Å²) in [6.07, 6.45) is 3.89. The maximum atomic E-state index is 13.5. The zero-order valence-electron chi connectivity index (χ0n) is 21.3. The number of rotatable bonds is 6. The Labute approximate surface area is 221 Å². The predicted octanol–water partition coefficient (Wildman–Crippen LogP) is 6.39. The van der Waals surface area contributed by atoms with Gasteiger partial charge in [0.1, 0.15) is 29.8 Å². The van der Waals surface area contributed by atoms with Crippen molar-refractivity contribution in [2.75, 3.05) is 6.61 Å². The van der Waals surface area contributed by atoms with Crippen LogP contribution in [0.2, 0.25) is 5.02 Å².